The minimum Gasteiger partial charge on any atom is -0.481 e. The van der Waals surface area contributed by atoms with Gasteiger partial charge in [-0.3, -0.25) is 14.4 Å². The van der Waals surface area contributed by atoms with Crippen molar-refractivity contribution in [2.75, 3.05) is 18.1 Å². The summed E-state index contributed by atoms with van der Waals surface area (Å²) in [5.74, 6) is -0.629. The van der Waals surface area contributed by atoms with Gasteiger partial charge in [-0.1, -0.05) is 17.8 Å². The molecule has 172 valence electrons. The number of hydrogen-bond acceptors (Lipinski definition) is 9. The average Bonchev–Trinajstić information content (AvgIpc) is 3.40. The van der Waals surface area contributed by atoms with Crippen molar-refractivity contribution in [2.24, 2.45) is 12.5 Å². The molecular formula is C18H21N5O5S4. The first-order valence-electron chi connectivity index (χ1n) is 9.56. The average molecular weight is 516 g/mol. The molecule has 0 radical (unpaired) electrons. The van der Waals surface area contributed by atoms with Crippen LogP contribution in [0.15, 0.2) is 26.9 Å². The highest BCUT2D eigenvalue weighted by Crippen LogP contribution is 2.46. The van der Waals surface area contributed by atoms with Gasteiger partial charge in [-0.25, -0.2) is 8.51 Å². The molecule has 4 heterocycles. The van der Waals surface area contributed by atoms with E-state index in [-0.39, 0.29) is 24.0 Å². The zero-order valence-electron chi connectivity index (χ0n) is 17.5. The number of aryl methyl sites for hydroxylation is 1. The van der Waals surface area contributed by atoms with Crippen LogP contribution >= 0.6 is 34.9 Å². The highest BCUT2D eigenvalue weighted by molar-refractivity contribution is 8.00. The third-order valence-corrected chi connectivity index (χ3v) is 11.1. The SMILES string of the molecule is CC(=O)N(C1C(=O)N2CC(CSc3nnc(C)n3C)(C(=O)O)CS[C@H]12)S(=O)c1cccs1. The fourth-order valence-electron chi connectivity index (χ4n) is 3.56. The Bertz CT molecular complexity index is 1090. The molecule has 0 saturated carbocycles. The maximum atomic E-state index is 13.0. The molecule has 3 unspecified atom stereocenters. The van der Waals surface area contributed by atoms with Crippen molar-refractivity contribution in [3.05, 3.63) is 23.3 Å². The number of thioether (sulfide) groups is 2. The Morgan fingerprint density at radius 2 is 2.19 bits per heavy atom. The minimum absolute atomic E-state index is 0.0244. The molecule has 2 saturated heterocycles. The van der Waals surface area contributed by atoms with Crippen LogP contribution in [0.1, 0.15) is 12.7 Å². The van der Waals surface area contributed by atoms with E-state index in [1.807, 2.05) is 14.0 Å². The topological polar surface area (TPSA) is 126 Å². The van der Waals surface area contributed by atoms with E-state index in [1.165, 1.54) is 46.7 Å². The summed E-state index contributed by atoms with van der Waals surface area (Å²) < 4.78 is 16.4. The molecule has 0 aromatic carbocycles. The number of fused-ring (bicyclic) bond motifs is 1. The van der Waals surface area contributed by atoms with Crippen LogP contribution in [0, 0.1) is 12.3 Å². The van der Waals surface area contributed by atoms with Gasteiger partial charge >= 0.3 is 5.97 Å². The smallest absolute Gasteiger partial charge is 0.313 e. The standard InChI is InChI=1S/C18H21N5O5S4/c1-10-19-20-17(21(10)3)31-9-18(16(26)27)7-22-14(25)13(15(22)30-8-18)23(11(2)24)32(28)12-5-4-6-29-12/h4-6,13,15H,7-9H2,1-3H3,(H,26,27)/t13?,15-,18?,32?/m1/s1. The summed E-state index contributed by atoms with van der Waals surface area (Å²) in [4.78, 5) is 39.0. The third kappa shape index (κ3) is 3.86. The number of β-lactam (4-membered cyclic amide) rings is 1. The van der Waals surface area contributed by atoms with Gasteiger partial charge in [0, 0.05) is 32.0 Å². The predicted molar refractivity (Wildman–Crippen MR) is 122 cm³/mol. The van der Waals surface area contributed by atoms with Crippen molar-refractivity contribution < 1.29 is 23.7 Å². The number of carbonyl (C=O) groups excluding carboxylic acids is 2. The van der Waals surface area contributed by atoms with E-state index in [0.717, 1.165) is 10.1 Å². The molecule has 2 aliphatic rings. The van der Waals surface area contributed by atoms with E-state index in [0.29, 0.717) is 9.37 Å². The van der Waals surface area contributed by atoms with E-state index >= 15 is 0 Å². The van der Waals surface area contributed by atoms with Gasteiger partial charge in [-0.2, -0.15) is 0 Å². The molecule has 4 rings (SSSR count). The lowest BCUT2D eigenvalue weighted by Gasteiger charge is -2.55. The van der Waals surface area contributed by atoms with Crippen LogP contribution < -0.4 is 0 Å². The molecular weight excluding hydrogens is 494 g/mol. The third-order valence-electron chi connectivity index (χ3n) is 5.51. The number of amides is 2. The summed E-state index contributed by atoms with van der Waals surface area (Å²) in [6.07, 6.45) is 0. The number of rotatable bonds is 7. The van der Waals surface area contributed by atoms with Crippen LogP contribution in [0.2, 0.25) is 0 Å². The fraction of sp³-hybridized carbons (Fsp3) is 0.500. The number of aromatic nitrogens is 3. The number of aliphatic carboxylic acids is 1. The van der Waals surface area contributed by atoms with E-state index in [1.54, 1.807) is 22.1 Å². The Morgan fingerprint density at radius 1 is 1.44 bits per heavy atom. The predicted octanol–water partition coefficient (Wildman–Crippen LogP) is 1.20. The zero-order valence-corrected chi connectivity index (χ0v) is 20.7. The Morgan fingerprint density at radius 3 is 2.75 bits per heavy atom. The summed E-state index contributed by atoms with van der Waals surface area (Å²) >= 11 is 3.85. The molecule has 2 amide bonds. The van der Waals surface area contributed by atoms with E-state index in [9.17, 15) is 23.7 Å². The van der Waals surface area contributed by atoms with Gasteiger partial charge in [-0.05, 0) is 18.4 Å². The molecule has 1 N–H and O–H groups in total. The molecule has 32 heavy (non-hydrogen) atoms. The molecule has 0 spiro atoms. The van der Waals surface area contributed by atoms with Crippen molar-refractivity contribution in [3.63, 3.8) is 0 Å². The first kappa shape index (κ1) is 23.3. The van der Waals surface area contributed by atoms with Gasteiger partial charge in [0.2, 0.25) is 5.91 Å². The molecule has 2 aromatic heterocycles. The largest absolute Gasteiger partial charge is 0.481 e. The lowest BCUT2D eigenvalue weighted by molar-refractivity contribution is -0.161. The number of thiophene rings is 1. The van der Waals surface area contributed by atoms with Gasteiger partial charge in [-0.15, -0.1) is 33.3 Å². The summed E-state index contributed by atoms with van der Waals surface area (Å²) in [6.45, 7) is 3.12. The number of carboxylic acid groups (broad SMARTS) is 1. The first-order chi connectivity index (χ1) is 15.2. The molecule has 10 nitrogen and oxygen atoms in total. The van der Waals surface area contributed by atoms with Gasteiger partial charge in [0.15, 0.2) is 22.2 Å². The van der Waals surface area contributed by atoms with Crippen LogP contribution in [-0.2, 0) is 32.4 Å². The molecule has 4 atom stereocenters. The summed E-state index contributed by atoms with van der Waals surface area (Å²) in [7, 11) is 0.0216. The number of hydrogen-bond donors (Lipinski definition) is 1. The van der Waals surface area contributed by atoms with Crippen LogP contribution in [0.25, 0.3) is 0 Å². The lowest BCUT2D eigenvalue weighted by Crippen LogP contribution is -2.74. The Hall–Kier alpha value is -1.90. The first-order valence-corrected chi connectivity index (χ1v) is 13.6. The normalized spacial score (nSPS) is 25.7. The molecule has 0 aliphatic carbocycles. The zero-order chi connectivity index (χ0) is 23.2. The maximum Gasteiger partial charge on any atom is 0.313 e. The quantitative estimate of drug-likeness (QED) is 0.428. The number of carboxylic acids is 1. The van der Waals surface area contributed by atoms with Crippen molar-refractivity contribution in [3.8, 4) is 0 Å². The fourth-order valence-corrected chi connectivity index (χ4v) is 8.71. The van der Waals surface area contributed by atoms with Gasteiger partial charge in [0.1, 0.15) is 20.8 Å². The second-order valence-electron chi connectivity index (χ2n) is 7.60. The highest BCUT2D eigenvalue weighted by atomic mass is 32.2. The van der Waals surface area contributed by atoms with Gasteiger partial charge in [0.05, 0.1) is 0 Å². The summed E-state index contributed by atoms with van der Waals surface area (Å²) in [5, 5.41) is 20.0. The Kier molecular flexibility index (Phi) is 6.40. The number of nitrogens with zero attached hydrogens (tertiary/aromatic N) is 5. The lowest BCUT2D eigenvalue weighted by atomic mass is 9.89. The van der Waals surface area contributed by atoms with Gasteiger partial charge < -0.3 is 14.6 Å². The van der Waals surface area contributed by atoms with Gasteiger partial charge in [0.25, 0.3) is 5.91 Å². The Labute approximate surface area is 199 Å². The second-order valence-corrected chi connectivity index (χ2v) is 12.2. The van der Waals surface area contributed by atoms with Crippen LogP contribution in [0.4, 0.5) is 0 Å². The molecule has 14 heteroatoms. The summed E-state index contributed by atoms with van der Waals surface area (Å²) in [6, 6.07) is 2.52. The minimum atomic E-state index is -1.79. The van der Waals surface area contributed by atoms with Crippen molar-refractivity contribution in [2.45, 2.75) is 34.6 Å². The van der Waals surface area contributed by atoms with E-state index < -0.39 is 39.7 Å². The molecule has 2 aromatic rings. The van der Waals surface area contributed by atoms with Crippen LogP contribution in [-0.4, -0.2) is 80.5 Å². The Balaban J connectivity index is 1.51. The van der Waals surface area contributed by atoms with Crippen LogP contribution in [0.3, 0.4) is 0 Å². The monoisotopic (exact) mass is 515 g/mol. The van der Waals surface area contributed by atoms with Crippen molar-refractivity contribution in [1.29, 1.82) is 0 Å². The number of carbonyl (C=O) groups is 3. The maximum absolute atomic E-state index is 13.0. The molecule has 2 fully saturated rings. The molecule has 2 aliphatic heterocycles. The summed E-state index contributed by atoms with van der Waals surface area (Å²) in [5.41, 5.74) is -1.17. The van der Waals surface area contributed by atoms with E-state index in [2.05, 4.69) is 10.2 Å². The van der Waals surface area contributed by atoms with Crippen LogP contribution in [0.5, 0.6) is 0 Å². The second kappa shape index (κ2) is 8.80. The highest BCUT2D eigenvalue weighted by Gasteiger charge is 2.60. The van der Waals surface area contributed by atoms with Crippen molar-refractivity contribution >= 4 is 63.6 Å². The molecule has 0 bridgehead atoms. The van der Waals surface area contributed by atoms with E-state index in [4.69, 9.17) is 0 Å². The van der Waals surface area contributed by atoms with Crippen molar-refractivity contribution in [1.82, 2.24) is 24.0 Å².